The summed E-state index contributed by atoms with van der Waals surface area (Å²) in [7, 11) is -3.09. The first-order valence-electron chi connectivity index (χ1n) is 7.18. The number of nitrogens with one attached hydrogen (secondary N) is 1. The molecule has 21 heavy (non-hydrogen) atoms. The van der Waals surface area contributed by atoms with Crippen LogP contribution in [0.5, 0.6) is 0 Å². The van der Waals surface area contributed by atoms with E-state index in [1.165, 1.54) is 5.56 Å². The first-order valence-corrected chi connectivity index (χ1v) is 9.24. The normalized spacial score (nSPS) is 19.6. The maximum absolute atomic E-state index is 12.1. The molecule has 1 aliphatic rings. The van der Waals surface area contributed by atoms with Crippen LogP contribution in [0.3, 0.4) is 0 Å². The zero-order valence-corrected chi connectivity index (χ0v) is 13.0. The van der Waals surface area contributed by atoms with Gasteiger partial charge in [0.25, 0.3) is 0 Å². The number of benzene rings is 1. The highest BCUT2D eigenvalue weighted by Crippen LogP contribution is 2.29. The zero-order chi connectivity index (χ0) is 15.5. The topological polar surface area (TPSA) is 89.3 Å². The second-order valence-electron chi connectivity index (χ2n) is 5.68. The number of carbonyl (C=O) groups excluding carboxylic acids is 1. The molecule has 1 aromatic rings. The van der Waals surface area contributed by atoms with E-state index in [9.17, 15) is 13.2 Å². The predicted molar refractivity (Wildman–Crippen MR) is 82.6 cm³/mol. The Morgan fingerprint density at radius 1 is 1.43 bits per heavy atom. The highest BCUT2D eigenvalue weighted by Gasteiger charge is 2.24. The summed E-state index contributed by atoms with van der Waals surface area (Å²) in [5.41, 5.74) is 8.19. The molecule has 6 heteroatoms. The van der Waals surface area contributed by atoms with Gasteiger partial charge in [0.2, 0.25) is 5.91 Å². The molecule has 0 heterocycles. The molecule has 5 nitrogen and oxygen atoms in total. The molecule has 1 aliphatic carbocycles. The number of fused-ring (bicyclic) bond motifs is 1. The lowest BCUT2D eigenvalue weighted by molar-refractivity contribution is -0.123. The lowest BCUT2D eigenvalue weighted by Gasteiger charge is -2.27. The maximum Gasteiger partial charge on any atom is 0.237 e. The van der Waals surface area contributed by atoms with Gasteiger partial charge in [-0.3, -0.25) is 4.79 Å². The summed E-state index contributed by atoms with van der Waals surface area (Å²) in [6, 6.07) is 7.27. The van der Waals surface area contributed by atoms with Gasteiger partial charge in [0.05, 0.1) is 17.8 Å². The van der Waals surface area contributed by atoms with Crippen LogP contribution >= 0.6 is 0 Å². The van der Waals surface area contributed by atoms with Crippen molar-refractivity contribution in [3.05, 3.63) is 35.4 Å². The van der Waals surface area contributed by atoms with E-state index in [2.05, 4.69) is 11.4 Å². The maximum atomic E-state index is 12.1. The van der Waals surface area contributed by atoms with E-state index in [4.69, 9.17) is 5.73 Å². The van der Waals surface area contributed by atoms with Crippen molar-refractivity contribution in [2.24, 2.45) is 5.73 Å². The van der Waals surface area contributed by atoms with Crippen molar-refractivity contribution in [2.45, 2.75) is 37.8 Å². The third-order valence-electron chi connectivity index (χ3n) is 3.82. The summed E-state index contributed by atoms with van der Waals surface area (Å²) in [5.74, 6) is -0.344. The van der Waals surface area contributed by atoms with Gasteiger partial charge in [-0.05, 0) is 36.8 Å². The van der Waals surface area contributed by atoms with Crippen molar-refractivity contribution in [2.75, 3.05) is 12.0 Å². The summed E-state index contributed by atoms with van der Waals surface area (Å²) in [6.07, 6.45) is 4.25. The highest BCUT2D eigenvalue weighted by atomic mass is 32.2. The molecule has 1 aromatic carbocycles. The summed E-state index contributed by atoms with van der Waals surface area (Å²) in [5, 5.41) is 2.95. The Labute approximate surface area is 125 Å². The quantitative estimate of drug-likeness (QED) is 0.847. The average molecular weight is 310 g/mol. The van der Waals surface area contributed by atoms with Crippen LogP contribution in [-0.2, 0) is 21.1 Å². The molecule has 116 valence electrons. The van der Waals surface area contributed by atoms with Gasteiger partial charge in [0, 0.05) is 6.26 Å². The fourth-order valence-corrected chi connectivity index (χ4v) is 3.34. The molecule has 0 fully saturated rings. The van der Waals surface area contributed by atoms with Gasteiger partial charge in [-0.15, -0.1) is 0 Å². The second-order valence-corrected chi connectivity index (χ2v) is 7.94. The zero-order valence-electron chi connectivity index (χ0n) is 12.2. The van der Waals surface area contributed by atoms with Gasteiger partial charge in [-0.2, -0.15) is 0 Å². The molecule has 2 rings (SSSR count). The van der Waals surface area contributed by atoms with Gasteiger partial charge in [-0.25, -0.2) is 8.42 Å². The number of aryl methyl sites for hydroxylation is 1. The van der Waals surface area contributed by atoms with Crippen molar-refractivity contribution in [3.8, 4) is 0 Å². The second kappa shape index (κ2) is 6.58. The summed E-state index contributed by atoms with van der Waals surface area (Å²) in [4.78, 5) is 12.1. The Morgan fingerprint density at radius 2 is 2.14 bits per heavy atom. The Balaban J connectivity index is 1.97. The van der Waals surface area contributed by atoms with E-state index in [1.807, 2.05) is 18.2 Å². The van der Waals surface area contributed by atoms with Gasteiger partial charge < -0.3 is 11.1 Å². The van der Waals surface area contributed by atoms with Crippen LogP contribution in [0, 0.1) is 0 Å². The molecule has 0 radical (unpaired) electrons. The van der Waals surface area contributed by atoms with Gasteiger partial charge in [-0.1, -0.05) is 24.3 Å². The molecule has 0 aromatic heterocycles. The van der Waals surface area contributed by atoms with E-state index < -0.39 is 15.9 Å². The molecule has 0 saturated heterocycles. The summed E-state index contributed by atoms with van der Waals surface area (Å²) >= 11 is 0. The van der Waals surface area contributed by atoms with Crippen LogP contribution in [0.1, 0.15) is 36.4 Å². The minimum atomic E-state index is -3.09. The molecular formula is C15H22N2O3S. The fourth-order valence-electron chi connectivity index (χ4n) is 2.65. The number of amides is 1. The largest absolute Gasteiger partial charge is 0.348 e. The Hall–Kier alpha value is -1.40. The van der Waals surface area contributed by atoms with Gasteiger partial charge >= 0.3 is 0 Å². The summed E-state index contributed by atoms with van der Waals surface area (Å²) < 4.78 is 22.2. The van der Waals surface area contributed by atoms with Crippen LogP contribution in [0.4, 0.5) is 0 Å². The third-order valence-corrected chi connectivity index (χ3v) is 4.80. The van der Waals surface area contributed by atoms with Gasteiger partial charge in [0.15, 0.2) is 0 Å². The number of nitrogens with two attached hydrogens (primary N) is 1. The summed E-state index contributed by atoms with van der Waals surface area (Å²) in [6.45, 7) is 0. The SMILES string of the molecule is CS(=O)(=O)CCC(N)C(=O)NC1CCCc2ccccc21. The van der Waals surface area contributed by atoms with Crippen LogP contribution in [0.25, 0.3) is 0 Å². The van der Waals surface area contributed by atoms with E-state index in [0.29, 0.717) is 0 Å². The van der Waals surface area contributed by atoms with Crippen LogP contribution in [0.15, 0.2) is 24.3 Å². The van der Waals surface area contributed by atoms with Gasteiger partial charge in [0.1, 0.15) is 9.84 Å². The van der Waals surface area contributed by atoms with E-state index >= 15 is 0 Å². The smallest absolute Gasteiger partial charge is 0.237 e. The first kappa shape index (κ1) is 16.0. The van der Waals surface area contributed by atoms with E-state index in [0.717, 1.165) is 31.1 Å². The Bertz CT molecular complexity index is 613. The average Bonchev–Trinajstić information content (AvgIpc) is 2.44. The number of hydrogen-bond acceptors (Lipinski definition) is 4. The van der Waals surface area contributed by atoms with Crippen molar-refractivity contribution in [1.82, 2.24) is 5.32 Å². The molecule has 0 bridgehead atoms. The lowest BCUT2D eigenvalue weighted by atomic mass is 9.87. The minimum Gasteiger partial charge on any atom is -0.348 e. The molecule has 3 N–H and O–H groups in total. The predicted octanol–water partition coefficient (Wildman–Crippen LogP) is 0.942. The molecular weight excluding hydrogens is 288 g/mol. The number of sulfone groups is 1. The van der Waals surface area contributed by atoms with Crippen LogP contribution in [0.2, 0.25) is 0 Å². The standard InChI is InChI=1S/C15H22N2O3S/c1-21(19,20)10-9-13(16)15(18)17-14-8-4-6-11-5-2-3-7-12(11)14/h2-3,5,7,13-14H,4,6,8-10,16H2,1H3,(H,17,18). The molecule has 2 atom stereocenters. The van der Waals surface area contributed by atoms with Crippen LogP contribution < -0.4 is 11.1 Å². The molecule has 0 saturated carbocycles. The lowest BCUT2D eigenvalue weighted by Crippen LogP contribution is -2.43. The van der Waals surface area contributed by atoms with Crippen molar-refractivity contribution < 1.29 is 13.2 Å². The van der Waals surface area contributed by atoms with Crippen molar-refractivity contribution in [3.63, 3.8) is 0 Å². The third kappa shape index (κ3) is 4.54. The monoisotopic (exact) mass is 310 g/mol. The highest BCUT2D eigenvalue weighted by molar-refractivity contribution is 7.90. The Kier molecular flexibility index (Phi) is 5.00. The molecule has 0 aliphatic heterocycles. The molecule has 2 unspecified atom stereocenters. The van der Waals surface area contributed by atoms with Crippen molar-refractivity contribution >= 4 is 15.7 Å². The minimum absolute atomic E-state index is 0.0215. The number of rotatable bonds is 5. The van der Waals surface area contributed by atoms with Crippen molar-refractivity contribution in [1.29, 1.82) is 0 Å². The number of hydrogen-bond donors (Lipinski definition) is 2. The number of carbonyl (C=O) groups is 1. The molecule has 1 amide bonds. The van der Waals surface area contributed by atoms with Crippen LogP contribution in [-0.4, -0.2) is 32.4 Å². The first-order chi connectivity index (χ1) is 9.87. The Morgan fingerprint density at radius 3 is 2.86 bits per heavy atom. The molecule has 0 spiro atoms. The fraction of sp³-hybridized carbons (Fsp3) is 0.533. The van der Waals surface area contributed by atoms with E-state index in [1.54, 1.807) is 0 Å². The van der Waals surface area contributed by atoms with E-state index in [-0.39, 0.29) is 24.1 Å².